The summed E-state index contributed by atoms with van der Waals surface area (Å²) in [7, 11) is 0. The van der Waals surface area contributed by atoms with Gasteiger partial charge in [0, 0.05) is 23.6 Å². The molecule has 33 heavy (non-hydrogen) atoms. The molecule has 3 aromatic carbocycles. The Balaban J connectivity index is 1.34. The molecule has 2 aromatic heterocycles. The number of hydrogen-bond acceptors (Lipinski definition) is 4. The molecule has 2 heterocycles. The van der Waals surface area contributed by atoms with Gasteiger partial charge in [0.2, 0.25) is 5.95 Å². The SMILES string of the molecule is O=C(Nc1nc2c(C(=O)CCc3ccc(F)cc3)cccc2[nH]1)c1cc2ccccc2cn1. The first-order chi connectivity index (χ1) is 16.1. The van der Waals surface area contributed by atoms with E-state index in [0.717, 1.165) is 16.3 Å². The number of carbonyl (C=O) groups excluding carboxylic acids is 2. The van der Waals surface area contributed by atoms with Gasteiger partial charge in [-0.05, 0) is 47.7 Å². The van der Waals surface area contributed by atoms with Crippen LogP contribution < -0.4 is 5.32 Å². The summed E-state index contributed by atoms with van der Waals surface area (Å²) in [4.78, 5) is 37.3. The van der Waals surface area contributed by atoms with Gasteiger partial charge in [-0.2, -0.15) is 0 Å². The first kappa shape index (κ1) is 20.5. The number of aromatic nitrogens is 3. The number of aryl methyl sites for hydroxylation is 1. The second-order valence-corrected chi connectivity index (χ2v) is 7.71. The number of nitrogens with one attached hydrogen (secondary N) is 2. The number of H-pyrrole nitrogens is 1. The van der Waals surface area contributed by atoms with E-state index < -0.39 is 5.91 Å². The lowest BCUT2D eigenvalue weighted by Gasteiger charge is -2.03. The monoisotopic (exact) mass is 438 g/mol. The van der Waals surface area contributed by atoms with Crippen molar-refractivity contribution in [2.75, 3.05) is 5.32 Å². The number of Topliss-reactive ketones (excluding diaryl/α,β-unsaturated/α-hetero) is 1. The Hall–Kier alpha value is -4.39. The van der Waals surface area contributed by atoms with Gasteiger partial charge in [0.15, 0.2) is 5.78 Å². The maximum atomic E-state index is 13.1. The fourth-order valence-electron chi connectivity index (χ4n) is 3.74. The second kappa shape index (κ2) is 8.63. The number of nitrogens with zero attached hydrogens (tertiary/aromatic N) is 2. The first-order valence-electron chi connectivity index (χ1n) is 10.5. The van der Waals surface area contributed by atoms with Gasteiger partial charge in [0.05, 0.1) is 5.52 Å². The van der Waals surface area contributed by atoms with Crippen molar-refractivity contribution in [2.45, 2.75) is 12.8 Å². The van der Waals surface area contributed by atoms with E-state index in [1.165, 1.54) is 12.1 Å². The molecule has 0 unspecified atom stereocenters. The van der Waals surface area contributed by atoms with Gasteiger partial charge in [-0.1, -0.05) is 42.5 Å². The van der Waals surface area contributed by atoms with Crippen LogP contribution in [0.4, 0.5) is 10.3 Å². The van der Waals surface area contributed by atoms with E-state index in [-0.39, 0.29) is 29.7 Å². The number of fused-ring (bicyclic) bond motifs is 2. The number of carbonyl (C=O) groups is 2. The quantitative estimate of drug-likeness (QED) is 0.351. The lowest BCUT2D eigenvalue weighted by molar-refractivity contribution is 0.0982. The van der Waals surface area contributed by atoms with Gasteiger partial charge < -0.3 is 4.98 Å². The Labute approximate surface area is 188 Å². The third kappa shape index (κ3) is 4.34. The number of pyridine rings is 1. The van der Waals surface area contributed by atoms with Crippen molar-refractivity contribution in [3.8, 4) is 0 Å². The molecule has 0 atom stereocenters. The van der Waals surface area contributed by atoms with Crippen molar-refractivity contribution in [1.29, 1.82) is 0 Å². The van der Waals surface area contributed by atoms with E-state index in [1.807, 2.05) is 24.3 Å². The predicted molar refractivity (Wildman–Crippen MR) is 125 cm³/mol. The second-order valence-electron chi connectivity index (χ2n) is 7.71. The van der Waals surface area contributed by atoms with E-state index in [1.54, 1.807) is 42.6 Å². The van der Waals surface area contributed by atoms with E-state index >= 15 is 0 Å². The molecule has 0 fully saturated rings. The summed E-state index contributed by atoms with van der Waals surface area (Å²) < 4.78 is 13.1. The average molecular weight is 438 g/mol. The zero-order chi connectivity index (χ0) is 22.8. The van der Waals surface area contributed by atoms with Gasteiger partial charge in [0.25, 0.3) is 5.91 Å². The molecule has 2 N–H and O–H groups in total. The number of hydrogen-bond donors (Lipinski definition) is 2. The molecule has 162 valence electrons. The Morgan fingerprint density at radius 3 is 2.55 bits per heavy atom. The zero-order valence-corrected chi connectivity index (χ0v) is 17.5. The standard InChI is InChI=1S/C26H19FN4O2/c27-19-11-8-16(9-12-19)10-13-23(32)20-6-3-7-21-24(20)30-26(29-21)31-25(33)22-14-17-4-1-2-5-18(17)15-28-22/h1-9,11-12,14-15H,10,13H2,(H2,29,30,31,33). The molecule has 1 amide bonds. The highest BCUT2D eigenvalue weighted by atomic mass is 19.1. The summed E-state index contributed by atoms with van der Waals surface area (Å²) in [6.45, 7) is 0. The minimum Gasteiger partial charge on any atom is -0.324 e. The van der Waals surface area contributed by atoms with Gasteiger partial charge in [-0.3, -0.25) is 19.9 Å². The van der Waals surface area contributed by atoms with Crippen LogP contribution in [-0.4, -0.2) is 26.6 Å². The molecule has 5 rings (SSSR count). The van der Waals surface area contributed by atoms with Crippen LogP contribution in [0.25, 0.3) is 21.8 Å². The molecule has 0 bridgehead atoms. The number of benzene rings is 3. The minimum atomic E-state index is -0.399. The Morgan fingerprint density at radius 2 is 1.73 bits per heavy atom. The highest BCUT2D eigenvalue weighted by Gasteiger charge is 2.16. The number of anilines is 1. The number of amides is 1. The summed E-state index contributed by atoms with van der Waals surface area (Å²) in [5.74, 6) is -0.543. The third-order valence-electron chi connectivity index (χ3n) is 5.46. The molecule has 0 spiro atoms. The Morgan fingerprint density at radius 1 is 0.939 bits per heavy atom. The number of rotatable bonds is 6. The van der Waals surface area contributed by atoms with Crippen molar-refractivity contribution < 1.29 is 14.0 Å². The highest BCUT2D eigenvalue weighted by molar-refractivity contribution is 6.08. The van der Waals surface area contributed by atoms with Crippen LogP contribution in [0.15, 0.2) is 79.0 Å². The summed E-state index contributed by atoms with van der Waals surface area (Å²) in [5, 5.41) is 4.59. The van der Waals surface area contributed by atoms with Crippen molar-refractivity contribution >= 4 is 39.4 Å². The lowest BCUT2D eigenvalue weighted by atomic mass is 10.0. The molecule has 0 aliphatic rings. The summed E-state index contributed by atoms with van der Waals surface area (Å²) in [6.07, 6.45) is 2.41. The number of aromatic amines is 1. The van der Waals surface area contributed by atoms with Gasteiger partial charge in [-0.25, -0.2) is 9.37 Å². The topological polar surface area (TPSA) is 87.7 Å². The van der Waals surface area contributed by atoms with Gasteiger partial charge in [0.1, 0.15) is 17.0 Å². The smallest absolute Gasteiger partial charge is 0.276 e. The van der Waals surface area contributed by atoms with Crippen LogP contribution in [0.2, 0.25) is 0 Å². The Kier molecular flexibility index (Phi) is 5.36. The summed E-state index contributed by atoms with van der Waals surface area (Å²) >= 11 is 0. The predicted octanol–water partition coefficient (Wildman–Crippen LogP) is 5.32. The zero-order valence-electron chi connectivity index (χ0n) is 17.5. The minimum absolute atomic E-state index is 0.0782. The normalized spacial score (nSPS) is 11.1. The van der Waals surface area contributed by atoms with Gasteiger partial charge >= 0.3 is 0 Å². The maximum absolute atomic E-state index is 13.1. The van der Waals surface area contributed by atoms with Crippen LogP contribution in [0, 0.1) is 5.82 Å². The number of ketones is 1. The van der Waals surface area contributed by atoms with Crippen LogP contribution in [0.1, 0.15) is 32.8 Å². The molecular weight excluding hydrogens is 419 g/mol. The van der Waals surface area contributed by atoms with Crippen molar-refractivity contribution in [2.24, 2.45) is 0 Å². The fraction of sp³-hybridized carbons (Fsp3) is 0.0769. The van der Waals surface area contributed by atoms with Crippen LogP contribution in [-0.2, 0) is 6.42 Å². The van der Waals surface area contributed by atoms with Crippen LogP contribution in [0.3, 0.4) is 0 Å². The molecule has 5 aromatic rings. The molecule has 7 heteroatoms. The summed E-state index contributed by atoms with van der Waals surface area (Å²) in [6, 6.07) is 20.8. The van der Waals surface area contributed by atoms with Gasteiger partial charge in [-0.15, -0.1) is 0 Å². The largest absolute Gasteiger partial charge is 0.324 e. The number of halogens is 1. The third-order valence-corrected chi connectivity index (χ3v) is 5.46. The molecule has 6 nitrogen and oxygen atoms in total. The molecule has 0 radical (unpaired) electrons. The summed E-state index contributed by atoms with van der Waals surface area (Å²) in [5.41, 5.74) is 2.75. The lowest BCUT2D eigenvalue weighted by Crippen LogP contribution is -2.14. The fourth-order valence-corrected chi connectivity index (χ4v) is 3.74. The molecule has 0 aliphatic heterocycles. The highest BCUT2D eigenvalue weighted by Crippen LogP contribution is 2.21. The molecular formula is C26H19FN4O2. The number of para-hydroxylation sites is 1. The van der Waals surface area contributed by atoms with Crippen LogP contribution >= 0.6 is 0 Å². The van der Waals surface area contributed by atoms with Crippen LogP contribution in [0.5, 0.6) is 0 Å². The number of imidazole rings is 1. The van der Waals surface area contributed by atoms with E-state index in [2.05, 4.69) is 20.3 Å². The van der Waals surface area contributed by atoms with E-state index in [4.69, 9.17) is 0 Å². The molecule has 0 saturated heterocycles. The average Bonchev–Trinajstić information content (AvgIpc) is 3.25. The first-order valence-corrected chi connectivity index (χ1v) is 10.5. The molecule has 0 saturated carbocycles. The van der Waals surface area contributed by atoms with Crippen molar-refractivity contribution in [3.05, 3.63) is 102 Å². The Bertz CT molecular complexity index is 1490. The van der Waals surface area contributed by atoms with Crippen molar-refractivity contribution in [3.63, 3.8) is 0 Å². The van der Waals surface area contributed by atoms with E-state index in [0.29, 0.717) is 23.0 Å². The maximum Gasteiger partial charge on any atom is 0.276 e. The van der Waals surface area contributed by atoms with E-state index in [9.17, 15) is 14.0 Å². The van der Waals surface area contributed by atoms with Crippen molar-refractivity contribution in [1.82, 2.24) is 15.0 Å². The molecule has 0 aliphatic carbocycles.